The molecular formula is C15H27BO2. The molecule has 1 atom stereocenters. The first-order chi connectivity index (χ1) is 8.70. The van der Waals surface area contributed by atoms with Gasteiger partial charge in [-0.05, 0) is 55.3 Å². The van der Waals surface area contributed by atoms with Gasteiger partial charge in [0.15, 0.2) is 0 Å². The summed E-state index contributed by atoms with van der Waals surface area (Å²) < 4.78 is 0. The molecule has 0 aliphatic heterocycles. The maximum atomic E-state index is 9.15. The molecule has 2 nitrogen and oxygen atoms in total. The predicted octanol–water partition coefficient (Wildman–Crippen LogP) is 3.33. The third-order valence-electron chi connectivity index (χ3n) is 5.07. The quantitative estimate of drug-likeness (QED) is 0.751. The highest BCUT2D eigenvalue weighted by Gasteiger charge is 2.29. The van der Waals surface area contributed by atoms with Crippen molar-refractivity contribution < 1.29 is 10.0 Å². The van der Waals surface area contributed by atoms with Crippen molar-refractivity contribution in [2.75, 3.05) is 0 Å². The van der Waals surface area contributed by atoms with Crippen LogP contribution >= 0.6 is 0 Å². The minimum absolute atomic E-state index is 0.801. The molecule has 0 bridgehead atoms. The van der Waals surface area contributed by atoms with Crippen LogP contribution in [0.2, 0.25) is 0 Å². The Kier molecular flexibility index (Phi) is 5.31. The second-order valence-corrected chi connectivity index (χ2v) is 6.26. The maximum absolute atomic E-state index is 9.15. The van der Waals surface area contributed by atoms with Gasteiger partial charge in [0.25, 0.3) is 0 Å². The van der Waals surface area contributed by atoms with Crippen LogP contribution in [0.15, 0.2) is 11.5 Å². The minimum atomic E-state index is -1.22. The monoisotopic (exact) mass is 250 g/mol. The molecular weight excluding hydrogens is 223 g/mol. The Bertz CT molecular complexity index is 280. The highest BCUT2D eigenvalue weighted by Crippen LogP contribution is 2.40. The van der Waals surface area contributed by atoms with Gasteiger partial charge in [-0.3, -0.25) is 0 Å². The fraction of sp³-hybridized carbons (Fsp3) is 0.867. The Labute approximate surface area is 112 Å². The Morgan fingerprint density at radius 2 is 1.83 bits per heavy atom. The summed E-state index contributed by atoms with van der Waals surface area (Å²) in [6.07, 6.45) is 13.6. The van der Waals surface area contributed by atoms with Crippen molar-refractivity contribution in [1.82, 2.24) is 0 Å². The van der Waals surface area contributed by atoms with Crippen molar-refractivity contribution in [2.45, 2.75) is 64.7 Å². The Hall–Kier alpha value is -0.275. The second kappa shape index (κ2) is 6.77. The van der Waals surface area contributed by atoms with Gasteiger partial charge in [-0.15, -0.1) is 0 Å². The van der Waals surface area contributed by atoms with Crippen LogP contribution in [0.1, 0.15) is 64.7 Å². The van der Waals surface area contributed by atoms with E-state index in [9.17, 15) is 0 Å². The zero-order valence-electron chi connectivity index (χ0n) is 11.6. The van der Waals surface area contributed by atoms with Crippen molar-refractivity contribution in [3.05, 3.63) is 11.5 Å². The van der Waals surface area contributed by atoms with Gasteiger partial charge in [-0.25, -0.2) is 0 Å². The molecule has 2 rings (SSSR count). The zero-order chi connectivity index (χ0) is 13.0. The smallest absolute Gasteiger partial charge is 0.423 e. The first-order valence-electron chi connectivity index (χ1n) is 7.75. The summed E-state index contributed by atoms with van der Waals surface area (Å²) in [4.78, 5) is 0. The van der Waals surface area contributed by atoms with Crippen LogP contribution < -0.4 is 0 Å². The number of hydrogen-bond donors (Lipinski definition) is 2. The first-order valence-corrected chi connectivity index (χ1v) is 7.75. The van der Waals surface area contributed by atoms with Gasteiger partial charge in [-0.1, -0.05) is 38.7 Å². The number of allylic oxidation sites excluding steroid dienone is 2. The average molecular weight is 250 g/mol. The van der Waals surface area contributed by atoms with E-state index in [4.69, 9.17) is 10.0 Å². The first kappa shape index (κ1) is 14.1. The van der Waals surface area contributed by atoms with E-state index >= 15 is 0 Å². The van der Waals surface area contributed by atoms with E-state index in [0.29, 0.717) is 0 Å². The molecule has 0 unspecified atom stereocenters. The van der Waals surface area contributed by atoms with Gasteiger partial charge in [0.2, 0.25) is 0 Å². The minimum Gasteiger partial charge on any atom is -0.423 e. The molecule has 0 aromatic carbocycles. The second-order valence-electron chi connectivity index (χ2n) is 6.26. The van der Waals surface area contributed by atoms with Crippen LogP contribution in [0.4, 0.5) is 0 Å². The Morgan fingerprint density at radius 1 is 1.11 bits per heavy atom. The fourth-order valence-electron chi connectivity index (χ4n) is 3.89. The average Bonchev–Trinajstić information content (AvgIpc) is 2.40. The lowest BCUT2D eigenvalue weighted by Crippen LogP contribution is -2.26. The molecule has 0 spiro atoms. The summed E-state index contributed by atoms with van der Waals surface area (Å²) in [5, 5.41) is 18.3. The fourth-order valence-corrected chi connectivity index (χ4v) is 3.89. The Morgan fingerprint density at radius 3 is 2.33 bits per heavy atom. The van der Waals surface area contributed by atoms with Crippen molar-refractivity contribution in [1.29, 1.82) is 0 Å². The van der Waals surface area contributed by atoms with E-state index in [1.54, 1.807) is 0 Å². The number of rotatable bonds is 4. The van der Waals surface area contributed by atoms with Gasteiger partial charge >= 0.3 is 7.12 Å². The molecule has 2 N–H and O–H groups in total. The van der Waals surface area contributed by atoms with Gasteiger partial charge in [0.1, 0.15) is 0 Å². The third-order valence-corrected chi connectivity index (χ3v) is 5.07. The van der Waals surface area contributed by atoms with Crippen LogP contribution in [-0.2, 0) is 0 Å². The predicted molar refractivity (Wildman–Crippen MR) is 76.0 cm³/mol. The molecule has 2 aliphatic rings. The summed E-state index contributed by atoms with van der Waals surface area (Å²) in [6, 6.07) is 0. The molecule has 0 aromatic rings. The largest absolute Gasteiger partial charge is 0.483 e. The van der Waals surface area contributed by atoms with E-state index in [1.807, 2.05) is 0 Å². The summed E-state index contributed by atoms with van der Waals surface area (Å²) in [5.41, 5.74) is 0.839. The lowest BCUT2D eigenvalue weighted by molar-refractivity contribution is 0.187. The summed E-state index contributed by atoms with van der Waals surface area (Å²) in [7, 11) is -1.22. The molecule has 102 valence electrons. The molecule has 3 heteroatoms. The summed E-state index contributed by atoms with van der Waals surface area (Å²) in [6.45, 7) is 2.29. The Balaban J connectivity index is 1.78. The summed E-state index contributed by atoms with van der Waals surface area (Å²) in [5.74, 6) is 2.68. The number of hydrogen-bond acceptors (Lipinski definition) is 2. The van der Waals surface area contributed by atoms with Crippen LogP contribution in [0, 0.1) is 17.8 Å². The molecule has 0 heterocycles. The molecule has 0 radical (unpaired) electrons. The van der Waals surface area contributed by atoms with Crippen LogP contribution in [-0.4, -0.2) is 17.2 Å². The van der Waals surface area contributed by atoms with E-state index < -0.39 is 7.12 Å². The highest BCUT2D eigenvalue weighted by atomic mass is 16.4. The standard InChI is InChI=1S/C15H27BO2/c1-2-3-12-4-6-13(7-5-12)14-8-10-15(11-9-14)16(17)18/h10,12-14,17-18H,2-9,11H2,1H3/t12?,13?,14-/m0/s1. The highest BCUT2D eigenvalue weighted by molar-refractivity contribution is 6.50. The van der Waals surface area contributed by atoms with Crippen molar-refractivity contribution in [3.63, 3.8) is 0 Å². The zero-order valence-corrected chi connectivity index (χ0v) is 11.6. The molecule has 0 saturated heterocycles. The van der Waals surface area contributed by atoms with Crippen LogP contribution in [0.3, 0.4) is 0 Å². The van der Waals surface area contributed by atoms with Crippen LogP contribution in [0.5, 0.6) is 0 Å². The normalized spacial score (nSPS) is 33.1. The molecule has 0 amide bonds. The molecule has 0 aromatic heterocycles. The topological polar surface area (TPSA) is 40.5 Å². The van der Waals surface area contributed by atoms with E-state index in [1.165, 1.54) is 38.5 Å². The molecule has 18 heavy (non-hydrogen) atoms. The van der Waals surface area contributed by atoms with Gasteiger partial charge in [0.05, 0.1) is 0 Å². The van der Waals surface area contributed by atoms with Crippen LogP contribution in [0.25, 0.3) is 0 Å². The lowest BCUT2D eigenvalue weighted by Gasteiger charge is -2.35. The lowest BCUT2D eigenvalue weighted by atomic mass is 9.66. The maximum Gasteiger partial charge on any atom is 0.483 e. The van der Waals surface area contributed by atoms with E-state index in [0.717, 1.165) is 42.5 Å². The van der Waals surface area contributed by atoms with E-state index in [-0.39, 0.29) is 0 Å². The van der Waals surface area contributed by atoms with Crippen molar-refractivity contribution >= 4 is 7.12 Å². The third kappa shape index (κ3) is 3.61. The van der Waals surface area contributed by atoms with Gasteiger partial charge in [-0.2, -0.15) is 0 Å². The molecule has 1 fully saturated rings. The van der Waals surface area contributed by atoms with Gasteiger partial charge < -0.3 is 10.0 Å². The van der Waals surface area contributed by atoms with Gasteiger partial charge in [0, 0.05) is 0 Å². The SMILES string of the molecule is CCCC1CCC([C@H]2CC=C(B(O)O)CC2)CC1. The summed E-state index contributed by atoms with van der Waals surface area (Å²) >= 11 is 0. The van der Waals surface area contributed by atoms with E-state index in [2.05, 4.69) is 13.0 Å². The van der Waals surface area contributed by atoms with Crippen molar-refractivity contribution in [3.8, 4) is 0 Å². The van der Waals surface area contributed by atoms with Crippen molar-refractivity contribution in [2.24, 2.45) is 17.8 Å². The molecule has 1 saturated carbocycles. The molecule has 2 aliphatic carbocycles.